The van der Waals surface area contributed by atoms with Crippen molar-refractivity contribution in [1.29, 1.82) is 0 Å². The van der Waals surface area contributed by atoms with Crippen LogP contribution in [-0.2, 0) is 19.8 Å². The maximum atomic E-state index is 12.8. The van der Waals surface area contributed by atoms with E-state index in [1.165, 1.54) is 19.2 Å². The van der Waals surface area contributed by atoms with Gasteiger partial charge in [0, 0.05) is 25.4 Å². The molecule has 2 aromatic rings. The smallest absolute Gasteiger partial charge is 0.366 e. The zero-order valence-corrected chi connectivity index (χ0v) is 12.0. The fraction of sp³-hybridized carbons (Fsp3) is 0.214. The molecule has 1 aromatic heterocycles. The second kappa shape index (κ2) is 6.11. The average Bonchev–Trinajstić information content (AvgIpc) is 2.87. The van der Waals surface area contributed by atoms with Gasteiger partial charge in [-0.2, -0.15) is 18.3 Å². The van der Waals surface area contributed by atoms with E-state index in [2.05, 4.69) is 10.4 Å². The second-order valence-corrected chi connectivity index (χ2v) is 4.81. The van der Waals surface area contributed by atoms with Crippen molar-refractivity contribution in [3.63, 3.8) is 0 Å². The number of benzene rings is 1. The highest BCUT2D eigenvalue weighted by molar-refractivity contribution is 5.95. The number of aromatic nitrogens is 2. The van der Waals surface area contributed by atoms with E-state index < -0.39 is 29.2 Å². The molecule has 0 fully saturated rings. The van der Waals surface area contributed by atoms with Crippen molar-refractivity contribution in [2.75, 3.05) is 0 Å². The zero-order chi connectivity index (χ0) is 17.2. The lowest BCUT2D eigenvalue weighted by Gasteiger charge is -2.08. The zero-order valence-electron chi connectivity index (χ0n) is 12.0. The van der Waals surface area contributed by atoms with Gasteiger partial charge in [0.1, 0.15) is 0 Å². The summed E-state index contributed by atoms with van der Waals surface area (Å²) in [5.74, 6) is -1.54. The van der Waals surface area contributed by atoms with E-state index in [0.29, 0.717) is 5.56 Å². The molecule has 1 heterocycles. The summed E-state index contributed by atoms with van der Waals surface area (Å²) >= 11 is 0. The van der Waals surface area contributed by atoms with Crippen LogP contribution in [0.5, 0.6) is 0 Å². The van der Waals surface area contributed by atoms with Gasteiger partial charge in [0.15, 0.2) is 5.69 Å². The van der Waals surface area contributed by atoms with Gasteiger partial charge in [-0.25, -0.2) is 0 Å². The van der Waals surface area contributed by atoms with Crippen LogP contribution in [0.25, 0.3) is 0 Å². The Kier molecular flexibility index (Phi) is 4.39. The summed E-state index contributed by atoms with van der Waals surface area (Å²) in [6.45, 7) is -0.0495. The molecule has 1 aromatic carbocycles. The van der Waals surface area contributed by atoms with Crippen LogP contribution in [0.4, 0.5) is 13.2 Å². The molecule has 0 unspecified atom stereocenters. The summed E-state index contributed by atoms with van der Waals surface area (Å²) in [6.07, 6.45) is -3.72. The Labute approximate surface area is 129 Å². The first-order valence-corrected chi connectivity index (χ1v) is 6.46. The third-order valence-corrected chi connectivity index (χ3v) is 3.01. The number of primary amides is 1. The van der Waals surface area contributed by atoms with E-state index in [4.69, 9.17) is 5.73 Å². The van der Waals surface area contributed by atoms with Gasteiger partial charge in [0.05, 0.1) is 5.56 Å². The highest BCUT2D eigenvalue weighted by atomic mass is 19.4. The molecule has 0 aliphatic carbocycles. The lowest BCUT2D eigenvalue weighted by Crippen LogP contribution is -2.25. The largest absolute Gasteiger partial charge is 0.435 e. The van der Waals surface area contributed by atoms with Crippen LogP contribution in [0, 0.1) is 0 Å². The van der Waals surface area contributed by atoms with Gasteiger partial charge in [0.2, 0.25) is 5.91 Å². The Hall–Kier alpha value is -2.84. The van der Waals surface area contributed by atoms with Gasteiger partial charge in [-0.1, -0.05) is 12.1 Å². The number of carbonyl (C=O) groups is 2. The van der Waals surface area contributed by atoms with Gasteiger partial charge >= 0.3 is 6.18 Å². The number of nitrogens with two attached hydrogens (primary N) is 1. The lowest BCUT2D eigenvalue weighted by atomic mass is 10.1. The Morgan fingerprint density at radius 3 is 2.65 bits per heavy atom. The van der Waals surface area contributed by atoms with Crippen LogP contribution in [0.15, 0.2) is 30.5 Å². The van der Waals surface area contributed by atoms with Crippen molar-refractivity contribution in [3.8, 4) is 0 Å². The minimum atomic E-state index is -4.72. The number of aryl methyl sites for hydroxylation is 1. The van der Waals surface area contributed by atoms with Gasteiger partial charge in [0.25, 0.3) is 5.91 Å². The number of alkyl halides is 3. The lowest BCUT2D eigenvalue weighted by molar-refractivity contribution is -0.141. The third kappa shape index (κ3) is 3.87. The van der Waals surface area contributed by atoms with Crippen LogP contribution in [0.3, 0.4) is 0 Å². The Morgan fingerprint density at radius 2 is 2.04 bits per heavy atom. The highest BCUT2D eigenvalue weighted by Crippen LogP contribution is 2.30. The van der Waals surface area contributed by atoms with E-state index >= 15 is 0 Å². The summed E-state index contributed by atoms with van der Waals surface area (Å²) in [5, 5.41) is 5.63. The summed E-state index contributed by atoms with van der Waals surface area (Å²) in [4.78, 5) is 23.0. The van der Waals surface area contributed by atoms with Crippen LogP contribution in [-0.4, -0.2) is 21.6 Å². The van der Waals surface area contributed by atoms with E-state index in [9.17, 15) is 22.8 Å². The van der Waals surface area contributed by atoms with Crippen LogP contribution in [0.2, 0.25) is 0 Å². The first kappa shape index (κ1) is 16.5. The van der Waals surface area contributed by atoms with Crippen molar-refractivity contribution >= 4 is 11.8 Å². The van der Waals surface area contributed by atoms with Crippen LogP contribution >= 0.6 is 0 Å². The fourth-order valence-electron chi connectivity index (χ4n) is 1.98. The maximum Gasteiger partial charge on any atom is 0.435 e. The van der Waals surface area contributed by atoms with Gasteiger partial charge in [-0.3, -0.25) is 14.3 Å². The number of halogens is 3. The van der Waals surface area contributed by atoms with Crippen molar-refractivity contribution in [2.24, 2.45) is 12.8 Å². The fourth-order valence-corrected chi connectivity index (χ4v) is 1.98. The quantitative estimate of drug-likeness (QED) is 0.891. The number of hydrogen-bond acceptors (Lipinski definition) is 3. The average molecular weight is 326 g/mol. The molecule has 2 rings (SSSR count). The Balaban J connectivity index is 2.15. The number of hydrogen-bond donors (Lipinski definition) is 2. The maximum absolute atomic E-state index is 12.8. The minimum Gasteiger partial charge on any atom is -0.366 e. The van der Waals surface area contributed by atoms with E-state index in [1.807, 2.05) is 0 Å². The number of carbonyl (C=O) groups excluding carboxylic acids is 2. The van der Waals surface area contributed by atoms with E-state index in [1.54, 1.807) is 12.1 Å². The molecule has 0 aliphatic rings. The molecule has 0 spiro atoms. The van der Waals surface area contributed by atoms with Crippen LogP contribution < -0.4 is 11.1 Å². The molecular weight excluding hydrogens is 313 g/mol. The number of rotatable bonds is 4. The summed E-state index contributed by atoms with van der Waals surface area (Å²) in [5.41, 5.74) is 4.11. The molecule has 9 heteroatoms. The Bertz CT molecular complexity index is 753. The topological polar surface area (TPSA) is 90.0 Å². The number of nitrogens with one attached hydrogen (secondary N) is 1. The summed E-state index contributed by atoms with van der Waals surface area (Å²) < 4.78 is 39.4. The third-order valence-electron chi connectivity index (χ3n) is 3.01. The summed E-state index contributed by atoms with van der Waals surface area (Å²) in [7, 11) is 1.29. The van der Waals surface area contributed by atoms with E-state index in [-0.39, 0.29) is 12.1 Å². The molecule has 0 bridgehead atoms. The molecule has 3 N–H and O–H groups in total. The molecule has 0 atom stereocenters. The molecule has 122 valence electrons. The number of amides is 2. The van der Waals surface area contributed by atoms with E-state index in [0.717, 1.165) is 10.9 Å². The minimum absolute atomic E-state index is 0.0495. The molecule has 0 aliphatic heterocycles. The molecular formula is C14H13F3N4O2. The molecule has 0 saturated heterocycles. The molecule has 23 heavy (non-hydrogen) atoms. The highest BCUT2D eigenvalue weighted by Gasteiger charge is 2.38. The van der Waals surface area contributed by atoms with Gasteiger partial charge in [-0.15, -0.1) is 0 Å². The predicted octanol–water partition coefficient (Wildman–Crippen LogP) is 1.47. The number of nitrogens with zero attached hydrogens (tertiary/aromatic N) is 2. The van der Waals surface area contributed by atoms with Crippen molar-refractivity contribution in [1.82, 2.24) is 15.1 Å². The SMILES string of the molecule is Cn1cc(C(=O)NCc2cccc(C(N)=O)c2)c(C(F)(F)F)n1. The normalized spacial score (nSPS) is 11.3. The van der Waals surface area contributed by atoms with Gasteiger partial charge < -0.3 is 11.1 Å². The van der Waals surface area contributed by atoms with Gasteiger partial charge in [-0.05, 0) is 17.7 Å². The van der Waals surface area contributed by atoms with Crippen molar-refractivity contribution in [2.45, 2.75) is 12.7 Å². The molecule has 0 saturated carbocycles. The molecule has 0 radical (unpaired) electrons. The Morgan fingerprint density at radius 1 is 1.35 bits per heavy atom. The van der Waals surface area contributed by atoms with Crippen LogP contribution in [0.1, 0.15) is 32.0 Å². The molecule has 2 amide bonds. The first-order valence-electron chi connectivity index (χ1n) is 6.46. The molecule has 6 nitrogen and oxygen atoms in total. The predicted molar refractivity (Wildman–Crippen MR) is 74.3 cm³/mol. The monoisotopic (exact) mass is 326 g/mol. The first-order chi connectivity index (χ1) is 10.7. The summed E-state index contributed by atoms with van der Waals surface area (Å²) in [6, 6.07) is 6.13. The standard InChI is InChI=1S/C14H13F3N4O2/c1-21-7-10(11(20-21)14(15,16)17)13(23)19-6-8-3-2-4-9(5-8)12(18)22/h2-5,7H,6H2,1H3,(H2,18,22)(H,19,23). The van der Waals surface area contributed by atoms with Crippen molar-refractivity contribution < 1.29 is 22.8 Å². The second-order valence-electron chi connectivity index (χ2n) is 4.81. The van der Waals surface area contributed by atoms with Crippen molar-refractivity contribution in [3.05, 3.63) is 52.8 Å².